The van der Waals surface area contributed by atoms with Crippen LogP contribution in [-0.4, -0.2) is 80.8 Å². The molecule has 192 valence electrons. The number of nitrogens with one attached hydrogen (secondary N) is 1. The number of ether oxygens (including phenoxy) is 4. The average molecular weight is 501 g/mol. The molecule has 1 fully saturated rings. The van der Waals surface area contributed by atoms with Crippen molar-refractivity contribution in [2.24, 2.45) is 0 Å². The molecule has 0 aromatic heterocycles. The number of nitrogens with zero attached hydrogens (tertiary/aromatic N) is 1. The molecule has 36 heavy (non-hydrogen) atoms. The van der Waals surface area contributed by atoms with Crippen LogP contribution in [0.3, 0.4) is 0 Å². The predicted molar refractivity (Wildman–Crippen MR) is 126 cm³/mol. The molecule has 2 atom stereocenters. The summed E-state index contributed by atoms with van der Waals surface area (Å²) in [5.74, 6) is -0.178. The number of carbonyl (C=O) groups excluding carboxylic acids is 2. The number of aliphatic hydroxyl groups excluding tert-OH is 1. The monoisotopic (exact) mass is 500 g/mol. The van der Waals surface area contributed by atoms with E-state index in [-0.39, 0.29) is 37.4 Å². The van der Waals surface area contributed by atoms with E-state index < -0.39 is 17.8 Å². The van der Waals surface area contributed by atoms with Gasteiger partial charge in [0.05, 0.1) is 43.1 Å². The molecule has 2 aromatic rings. The van der Waals surface area contributed by atoms with Gasteiger partial charge in [-0.1, -0.05) is 6.07 Å². The number of aliphatic hydroxyl groups is 1. The fraction of sp³-hybridized carbons (Fsp3) is 0.462. The summed E-state index contributed by atoms with van der Waals surface area (Å²) in [6.45, 7) is 1.78. The Hall–Kier alpha value is -3.21. The average Bonchev–Trinajstić information content (AvgIpc) is 3.36. The molecule has 0 aliphatic carbocycles. The minimum atomic E-state index is -0.779. The van der Waals surface area contributed by atoms with Gasteiger partial charge >= 0.3 is 0 Å². The maximum atomic E-state index is 14.8. The highest BCUT2D eigenvalue weighted by atomic mass is 19.1. The molecule has 3 heterocycles. The van der Waals surface area contributed by atoms with E-state index >= 15 is 0 Å². The topological polar surface area (TPSA) is 107 Å². The van der Waals surface area contributed by atoms with Crippen LogP contribution in [0, 0.1) is 5.82 Å². The lowest BCUT2D eigenvalue weighted by Gasteiger charge is -2.40. The van der Waals surface area contributed by atoms with E-state index in [2.05, 4.69) is 5.32 Å². The van der Waals surface area contributed by atoms with Crippen molar-refractivity contribution >= 4 is 11.8 Å². The van der Waals surface area contributed by atoms with Crippen LogP contribution in [0.5, 0.6) is 11.5 Å². The first kappa shape index (κ1) is 24.5. The Morgan fingerprint density at radius 2 is 2.11 bits per heavy atom. The van der Waals surface area contributed by atoms with Crippen LogP contribution < -0.4 is 14.8 Å². The van der Waals surface area contributed by atoms with Crippen LogP contribution in [0.2, 0.25) is 0 Å². The molecule has 2 N–H and O–H groups in total. The smallest absolute Gasteiger partial charge is 0.260 e. The molecule has 5 rings (SSSR count). The molecule has 1 saturated heterocycles. The minimum Gasteiger partial charge on any atom is -0.493 e. The van der Waals surface area contributed by atoms with Gasteiger partial charge in [-0.25, -0.2) is 4.39 Å². The molecular weight excluding hydrogens is 471 g/mol. The zero-order chi connectivity index (χ0) is 25.2. The number of amides is 2. The van der Waals surface area contributed by atoms with Crippen LogP contribution in [0.15, 0.2) is 24.3 Å². The second-order valence-electron chi connectivity index (χ2n) is 9.10. The summed E-state index contributed by atoms with van der Waals surface area (Å²) in [5, 5.41) is 13.0. The van der Waals surface area contributed by atoms with Crippen LogP contribution in [0.1, 0.15) is 43.8 Å². The number of methoxy groups -OCH3 is 1. The molecule has 0 radical (unpaired) electrons. The molecular formula is C26H29FN2O7. The van der Waals surface area contributed by atoms with E-state index in [9.17, 15) is 19.1 Å². The van der Waals surface area contributed by atoms with E-state index in [4.69, 9.17) is 18.9 Å². The lowest BCUT2D eigenvalue weighted by molar-refractivity contribution is -0.0714. The van der Waals surface area contributed by atoms with E-state index in [0.717, 1.165) is 11.1 Å². The number of rotatable bonds is 7. The molecule has 10 heteroatoms. The summed E-state index contributed by atoms with van der Waals surface area (Å²) in [4.78, 5) is 27.3. The maximum Gasteiger partial charge on any atom is 0.260 e. The first-order chi connectivity index (χ1) is 17.5. The van der Waals surface area contributed by atoms with Gasteiger partial charge < -0.3 is 29.4 Å². The van der Waals surface area contributed by atoms with Gasteiger partial charge in [0.1, 0.15) is 17.3 Å². The van der Waals surface area contributed by atoms with Gasteiger partial charge in [0.2, 0.25) is 0 Å². The van der Waals surface area contributed by atoms with Crippen LogP contribution in [0.4, 0.5) is 4.39 Å². The zero-order valence-electron chi connectivity index (χ0n) is 20.0. The summed E-state index contributed by atoms with van der Waals surface area (Å²) in [6.07, 6.45) is 0.661. The number of benzene rings is 2. The molecule has 3 aliphatic rings. The van der Waals surface area contributed by atoms with Gasteiger partial charge in [-0.05, 0) is 35.7 Å². The third-order valence-electron chi connectivity index (χ3n) is 6.80. The van der Waals surface area contributed by atoms with E-state index in [1.54, 1.807) is 17.0 Å². The molecule has 2 amide bonds. The highest BCUT2D eigenvalue weighted by molar-refractivity contribution is 5.99. The van der Waals surface area contributed by atoms with E-state index in [0.29, 0.717) is 61.7 Å². The molecule has 0 unspecified atom stereocenters. The Bertz CT molecular complexity index is 1170. The largest absolute Gasteiger partial charge is 0.493 e. The van der Waals surface area contributed by atoms with Crippen molar-refractivity contribution in [2.75, 3.05) is 46.8 Å². The second kappa shape index (κ2) is 10.4. The standard InChI is InChI=1S/C26H29FN2O7/c1-33-9-6-28-25(31)17-3-2-15(11-20(17)27)10-16-12-19-24(18-4-8-35-23(16)18)36-14-29(26(19)32)21-5-7-34-13-22(21)30/h2-3,11-12,21-22,30H,4-10,13-14H2,1H3,(H,28,31)/t21-,22-/m0/s1. The SMILES string of the molecule is COCCNC(=O)c1ccc(Cc2cc3c(c4c2OCC4)OCN([C@H]2CCOC[C@@H]2O)C3=O)cc1F. The Labute approximate surface area is 208 Å². The summed E-state index contributed by atoms with van der Waals surface area (Å²) >= 11 is 0. The first-order valence-corrected chi connectivity index (χ1v) is 12.0. The number of halogens is 1. The van der Waals surface area contributed by atoms with Gasteiger partial charge in [-0.2, -0.15) is 0 Å². The summed E-state index contributed by atoms with van der Waals surface area (Å²) in [6, 6.07) is 5.83. The highest BCUT2D eigenvalue weighted by Gasteiger charge is 2.39. The normalized spacial score (nSPS) is 20.9. The fourth-order valence-corrected chi connectivity index (χ4v) is 4.99. The number of hydrogen-bond acceptors (Lipinski definition) is 7. The van der Waals surface area contributed by atoms with Crippen molar-refractivity contribution in [3.63, 3.8) is 0 Å². The predicted octanol–water partition coefficient (Wildman–Crippen LogP) is 1.67. The molecule has 9 nitrogen and oxygen atoms in total. The Balaban J connectivity index is 1.41. The van der Waals surface area contributed by atoms with E-state index in [1.165, 1.54) is 19.2 Å². The molecule has 2 aromatic carbocycles. The lowest BCUT2D eigenvalue weighted by Crippen LogP contribution is -2.54. The molecule has 3 aliphatic heterocycles. The molecule has 0 saturated carbocycles. The third kappa shape index (κ3) is 4.63. The van der Waals surface area contributed by atoms with Crippen molar-refractivity contribution in [2.45, 2.75) is 31.4 Å². The number of hydrogen-bond donors (Lipinski definition) is 2. The highest BCUT2D eigenvalue weighted by Crippen LogP contribution is 2.43. The van der Waals surface area contributed by atoms with Gasteiger partial charge in [-0.15, -0.1) is 0 Å². The van der Waals surface area contributed by atoms with Gasteiger partial charge in [0, 0.05) is 38.7 Å². The van der Waals surface area contributed by atoms with Gasteiger partial charge in [-0.3, -0.25) is 14.5 Å². The fourth-order valence-electron chi connectivity index (χ4n) is 4.99. The molecule has 0 spiro atoms. The van der Waals surface area contributed by atoms with Crippen LogP contribution in [-0.2, 0) is 22.3 Å². The number of carbonyl (C=O) groups is 2. The summed E-state index contributed by atoms with van der Waals surface area (Å²) < 4.78 is 36.9. The van der Waals surface area contributed by atoms with Crippen molar-refractivity contribution in [3.05, 3.63) is 57.9 Å². The zero-order valence-corrected chi connectivity index (χ0v) is 20.0. The Kier molecular flexibility index (Phi) is 7.08. The Morgan fingerprint density at radius 1 is 1.25 bits per heavy atom. The third-order valence-corrected chi connectivity index (χ3v) is 6.80. The van der Waals surface area contributed by atoms with Crippen molar-refractivity contribution in [3.8, 4) is 11.5 Å². The van der Waals surface area contributed by atoms with Crippen molar-refractivity contribution < 1.29 is 38.0 Å². The number of fused-ring (bicyclic) bond motifs is 3. The van der Waals surface area contributed by atoms with Crippen molar-refractivity contribution in [1.29, 1.82) is 0 Å². The first-order valence-electron chi connectivity index (χ1n) is 12.0. The van der Waals surface area contributed by atoms with Crippen LogP contribution in [0.25, 0.3) is 0 Å². The van der Waals surface area contributed by atoms with Crippen LogP contribution >= 0.6 is 0 Å². The Morgan fingerprint density at radius 3 is 2.89 bits per heavy atom. The van der Waals surface area contributed by atoms with E-state index in [1.807, 2.05) is 0 Å². The molecule has 0 bridgehead atoms. The summed E-state index contributed by atoms with van der Waals surface area (Å²) in [7, 11) is 1.52. The quantitative estimate of drug-likeness (QED) is 0.557. The summed E-state index contributed by atoms with van der Waals surface area (Å²) in [5.41, 5.74) is 2.58. The lowest BCUT2D eigenvalue weighted by atomic mass is 9.94. The van der Waals surface area contributed by atoms with Crippen molar-refractivity contribution in [1.82, 2.24) is 10.2 Å². The maximum absolute atomic E-state index is 14.8. The van der Waals surface area contributed by atoms with Gasteiger partial charge in [0.25, 0.3) is 11.8 Å². The minimum absolute atomic E-state index is 0.0454. The van der Waals surface area contributed by atoms with Gasteiger partial charge in [0.15, 0.2) is 6.73 Å². The second-order valence-corrected chi connectivity index (χ2v) is 9.10.